The molecule has 0 amide bonds. The monoisotopic (exact) mass is 232 g/mol. The first-order valence-corrected chi connectivity index (χ1v) is 6.55. The van der Waals surface area contributed by atoms with Crippen molar-refractivity contribution in [3.63, 3.8) is 0 Å². The first kappa shape index (κ1) is 15.8. The fourth-order valence-corrected chi connectivity index (χ4v) is 1.59. The van der Waals surface area contributed by atoms with Gasteiger partial charge < -0.3 is 20.1 Å². The van der Waals surface area contributed by atoms with E-state index in [-0.39, 0.29) is 6.61 Å². The van der Waals surface area contributed by atoms with E-state index < -0.39 is 0 Å². The van der Waals surface area contributed by atoms with E-state index in [1.165, 1.54) is 0 Å². The molecule has 0 aromatic carbocycles. The molecule has 0 aromatic heterocycles. The summed E-state index contributed by atoms with van der Waals surface area (Å²) in [5.41, 5.74) is 0. The lowest BCUT2D eigenvalue weighted by molar-refractivity contribution is 0.104. The second kappa shape index (κ2) is 12.9. The molecule has 0 unspecified atom stereocenters. The number of ether oxygens (including phenoxy) is 1. The number of piperazine rings is 1. The predicted molar refractivity (Wildman–Crippen MR) is 67.8 cm³/mol. The zero-order chi connectivity index (χ0) is 12.1. The molecule has 1 aliphatic rings. The third-order valence-corrected chi connectivity index (χ3v) is 2.42. The summed E-state index contributed by atoms with van der Waals surface area (Å²) >= 11 is 0. The fourth-order valence-electron chi connectivity index (χ4n) is 1.59. The second-order valence-corrected chi connectivity index (χ2v) is 3.63. The minimum Gasteiger partial charge on any atom is -0.396 e. The van der Waals surface area contributed by atoms with Crippen LogP contribution in [0.3, 0.4) is 0 Å². The van der Waals surface area contributed by atoms with Crippen molar-refractivity contribution in [2.24, 2.45) is 0 Å². The quantitative estimate of drug-likeness (QED) is 0.635. The van der Waals surface area contributed by atoms with Crippen LogP contribution >= 0.6 is 0 Å². The van der Waals surface area contributed by atoms with Crippen LogP contribution in [0, 0.1) is 0 Å². The highest BCUT2D eigenvalue weighted by molar-refractivity contribution is 4.66. The van der Waals surface area contributed by atoms with E-state index in [4.69, 9.17) is 9.84 Å². The number of aliphatic hydroxyl groups is 1. The van der Waals surface area contributed by atoms with Crippen LogP contribution in [-0.4, -0.2) is 62.6 Å². The van der Waals surface area contributed by atoms with Crippen molar-refractivity contribution < 1.29 is 9.84 Å². The van der Waals surface area contributed by atoms with Gasteiger partial charge in [0.25, 0.3) is 0 Å². The highest BCUT2D eigenvalue weighted by Gasteiger charge is 2.07. The summed E-state index contributed by atoms with van der Waals surface area (Å²) in [7, 11) is 0. The van der Waals surface area contributed by atoms with Gasteiger partial charge in [0.05, 0.1) is 0 Å². The molecular formula is C12H28N2O2. The molecule has 0 bridgehead atoms. The number of hydrogen-bond donors (Lipinski definition) is 2. The zero-order valence-corrected chi connectivity index (χ0v) is 10.9. The van der Waals surface area contributed by atoms with E-state index in [2.05, 4.69) is 10.2 Å². The van der Waals surface area contributed by atoms with Gasteiger partial charge in [-0.3, -0.25) is 0 Å². The van der Waals surface area contributed by atoms with Gasteiger partial charge in [-0.1, -0.05) is 13.8 Å². The first-order valence-electron chi connectivity index (χ1n) is 6.55. The van der Waals surface area contributed by atoms with Crippen LogP contribution in [-0.2, 0) is 4.74 Å². The van der Waals surface area contributed by atoms with Crippen LogP contribution in [0.4, 0.5) is 0 Å². The van der Waals surface area contributed by atoms with Crippen molar-refractivity contribution in [2.75, 3.05) is 52.5 Å². The summed E-state index contributed by atoms with van der Waals surface area (Å²) in [4.78, 5) is 2.46. The lowest BCUT2D eigenvalue weighted by Crippen LogP contribution is -2.43. The van der Waals surface area contributed by atoms with E-state index in [0.717, 1.165) is 52.2 Å². The van der Waals surface area contributed by atoms with Gasteiger partial charge in [-0.2, -0.15) is 0 Å². The van der Waals surface area contributed by atoms with Crippen molar-refractivity contribution in [3.8, 4) is 0 Å². The third kappa shape index (κ3) is 9.09. The maximum atomic E-state index is 8.53. The van der Waals surface area contributed by atoms with Crippen molar-refractivity contribution in [2.45, 2.75) is 26.7 Å². The van der Waals surface area contributed by atoms with Crippen molar-refractivity contribution in [3.05, 3.63) is 0 Å². The fraction of sp³-hybridized carbons (Fsp3) is 1.00. The number of rotatable bonds is 7. The lowest BCUT2D eigenvalue weighted by Gasteiger charge is -2.26. The maximum absolute atomic E-state index is 8.53. The lowest BCUT2D eigenvalue weighted by atomic mass is 10.3. The largest absolute Gasteiger partial charge is 0.396 e. The predicted octanol–water partition coefficient (Wildman–Crippen LogP) is 0.707. The molecular weight excluding hydrogens is 204 g/mol. The van der Waals surface area contributed by atoms with Gasteiger partial charge in [0.2, 0.25) is 0 Å². The molecule has 1 saturated heterocycles. The van der Waals surface area contributed by atoms with Crippen LogP contribution in [0.25, 0.3) is 0 Å². The minimum atomic E-state index is 0.234. The topological polar surface area (TPSA) is 44.7 Å². The van der Waals surface area contributed by atoms with Gasteiger partial charge in [-0.25, -0.2) is 0 Å². The summed E-state index contributed by atoms with van der Waals surface area (Å²) in [6.45, 7) is 11.4. The van der Waals surface area contributed by atoms with Crippen LogP contribution in [0.15, 0.2) is 0 Å². The standard InChI is InChI=1S/C10H22N2O2.C2H6/c13-8-2-10-14-9-1-5-12-6-3-11-4-7-12;1-2/h11,13H,1-10H2;1-2H3. The number of hydrogen-bond acceptors (Lipinski definition) is 4. The van der Waals surface area contributed by atoms with Crippen LogP contribution in [0.1, 0.15) is 26.7 Å². The molecule has 0 atom stereocenters. The normalized spacial score (nSPS) is 16.7. The second-order valence-electron chi connectivity index (χ2n) is 3.63. The molecule has 0 aliphatic carbocycles. The smallest absolute Gasteiger partial charge is 0.0487 e. The van der Waals surface area contributed by atoms with E-state index in [1.54, 1.807) is 0 Å². The average Bonchev–Trinajstić information content (AvgIpc) is 2.37. The molecule has 0 saturated carbocycles. The Morgan fingerprint density at radius 2 is 1.75 bits per heavy atom. The van der Waals surface area contributed by atoms with Crippen LogP contribution < -0.4 is 5.32 Å². The molecule has 98 valence electrons. The number of aliphatic hydroxyl groups excluding tert-OH is 1. The molecule has 4 heteroatoms. The van der Waals surface area contributed by atoms with Gasteiger partial charge in [-0.15, -0.1) is 0 Å². The molecule has 16 heavy (non-hydrogen) atoms. The van der Waals surface area contributed by atoms with E-state index >= 15 is 0 Å². The Morgan fingerprint density at radius 1 is 1.12 bits per heavy atom. The Balaban J connectivity index is 0.00000106. The Hall–Kier alpha value is -0.160. The molecule has 0 radical (unpaired) electrons. The Labute approximate surface area is 100.0 Å². The Morgan fingerprint density at radius 3 is 2.38 bits per heavy atom. The molecule has 2 N–H and O–H groups in total. The van der Waals surface area contributed by atoms with Gasteiger partial charge >= 0.3 is 0 Å². The molecule has 1 aliphatic heterocycles. The summed E-state index contributed by atoms with van der Waals surface area (Å²) in [6, 6.07) is 0. The van der Waals surface area contributed by atoms with Crippen molar-refractivity contribution in [1.29, 1.82) is 0 Å². The minimum absolute atomic E-state index is 0.234. The molecule has 4 nitrogen and oxygen atoms in total. The summed E-state index contributed by atoms with van der Waals surface area (Å²) in [6.07, 6.45) is 1.86. The highest BCUT2D eigenvalue weighted by atomic mass is 16.5. The summed E-state index contributed by atoms with van der Waals surface area (Å²) < 4.78 is 5.36. The average molecular weight is 232 g/mol. The van der Waals surface area contributed by atoms with Crippen LogP contribution in [0.2, 0.25) is 0 Å². The van der Waals surface area contributed by atoms with E-state index in [1.807, 2.05) is 13.8 Å². The molecule has 1 rings (SSSR count). The van der Waals surface area contributed by atoms with E-state index in [0.29, 0.717) is 6.61 Å². The molecule has 0 aromatic rings. The third-order valence-electron chi connectivity index (χ3n) is 2.42. The maximum Gasteiger partial charge on any atom is 0.0487 e. The van der Waals surface area contributed by atoms with Gasteiger partial charge in [0, 0.05) is 52.5 Å². The van der Waals surface area contributed by atoms with E-state index in [9.17, 15) is 0 Å². The van der Waals surface area contributed by atoms with Crippen LogP contribution in [0.5, 0.6) is 0 Å². The first-order chi connectivity index (χ1) is 7.93. The Bertz CT molecular complexity index is 128. The molecule has 0 spiro atoms. The van der Waals surface area contributed by atoms with Gasteiger partial charge in [-0.05, 0) is 12.8 Å². The van der Waals surface area contributed by atoms with Gasteiger partial charge in [0.1, 0.15) is 0 Å². The van der Waals surface area contributed by atoms with Crippen molar-refractivity contribution in [1.82, 2.24) is 10.2 Å². The van der Waals surface area contributed by atoms with Gasteiger partial charge in [0.15, 0.2) is 0 Å². The Kier molecular flexibility index (Phi) is 12.8. The van der Waals surface area contributed by atoms with Crippen molar-refractivity contribution >= 4 is 0 Å². The number of nitrogens with one attached hydrogen (secondary N) is 1. The SMILES string of the molecule is CC.OCCCOCCCN1CCNCC1. The summed E-state index contributed by atoms with van der Waals surface area (Å²) in [5.74, 6) is 0. The summed E-state index contributed by atoms with van der Waals surface area (Å²) in [5, 5.41) is 11.9. The molecule has 1 heterocycles. The highest BCUT2D eigenvalue weighted by Crippen LogP contribution is 1.95. The molecule has 1 fully saturated rings. The zero-order valence-electron chi connectivity index (χ0n) is 10.9. The number of nitrogens with zero attached hydrogens (tertiary/aromatic N) is 1.